The Kier molecular flexibility index (Phi) is 7.59. The highest BCUT2D eigenvalue weighted by molar-refractivity contribution is 7.89. The standard InChI is InChI=1S/C23H34N4O6S/c1-14-11-27(15(2)13-28)23(29)19-10-18(25(5)6)8-9-20(19)32-21(14)12-26(7)34(30,31)22-16(3)24-33-17(22)4/h8-10,14-15,21,28H,11-13H2,1-7H3/t14-,15+,21+/m0/s1. The van der Waals surface area contributed by atoms with Gasteiger partial charge in [-0.15, -0.1) is 0 Å². The summed E-state index contributed by atoms with van der Waals surface area (Å²) in [5.74, 6) is 0.153. The van der Waals surface area contributed by atoms with Gasteiger partial charge in [-0.3, -0.25) is 4.79 Å². The first kappa shape index (κ1) is 26.0. The summed E-state index contributed by atoms with van der Waals surface area (Å²) in [5, 5.41) is 13.6. The van der Waals surface area contributed by atoms with E-state index in [0.29, 0.717) is 23.6 Å². The van der Waals surface area contributed by atoms with E-state index in [1.54, 1.807) is 37.8 Å². The Bertz CT molecular complexity index is 1130. The molecule has 1 aliphatic heterocycles. The van der Waals surface area contributed by atoms with Crippen molar-refractivity contribution in [1.82, 2.24) is 14.4 Å². The van der Waals surface area contributed by atoms with Gasteiger partial charge in [-0.25, -0.2) is 8.42 Å². The summed E-state index contributed by atoms with van der Waals surface area (Å²) < 4.78 is 39.1. The van der Waals surface area contributed by atoms with Crippen molar-refractivity contribution >= 4 is 21.6 Å². The van der Waals surface area contributed by atoms with E-state index >= 15 is 0 Å². The summed E-state index contributed by atoms with van der Waals surface area (Å²) >= 11 is 0. The molecule has 0 radical (unpaired) electrons. The number of hydrogen-bond donors (Lipinski definition) is 1. The second-order valence-corrected chi connectivity index (χ2v) is 11.1. The van der Waals surface area contributed by atoms with E-state index in [0.717, 1.165) is 5.69 Å². The molecule has 1 N–H and O–H groups in total. The first-order valence-electron chi connectivity index (χ1n) is 11.2. The van der Waals surface area contributed by atoms with Crippen LogP contribution in [0.3, 0.4) is 0 Å². The Morgan fingerprint density at radius 2 is 1.94 bits per heavy atom. The van der Waals surface area contributed by atoms with Crippen molar-refractivity contribution in [3.8, 4) is 5.75 Å². The van der Waals surface area contributed by atoms with Crippen LogP contribution in [0, 0.1) is 19.8 Å². The lowest BCUT2D eigenvalue weighted by Crippen LogP contribution is -2.50. The molecule has 2 heterocycles. The normalized spacial score (nSPS) is 19.9. The number of aliphatic hydroxyl groups is 1. The summed E-state index contributed by atoms with van der Waals surface area (Å²) in [7, 11) is 1.38. The molecule has 34 heavy (non-hydrogen) atoms. The van der Waals surface area contributed by atoms with Gasteiger partial charge in [0.05, 0.1) is 24.8 Å². The van der Waals surface area contributed by atoms with Gasteiger partial charge < -0.3 is 24.2 Å². The van der Waals surface area contributed by atoms with Gasteiger partial charge in [0.25, 0.3) is 5.91 Å². The molecule has 0 aliphatic carbocycles. The minimum absolute atomic E-state index is 0.0511. The van der Waals surface area contributed by atoms with Gasteiger partial charge in [0.1, 0.15) is 22.4 Å². The Hall–Kier alpha value is -2.63. The second kappa shape index (κ2) is 9.93. The van der Waals surface area contributed by atoms with Crippen molar-refractivity contribution in [3.63, 3.8) is 0 Å². The number of rotatable bonds is 7. The van der Waals surface area contributed by atoms with Crippen LogP contribution in [-0.2, 0) is 10.0 Å². The van der Waals surface area contributed by atoms with E-state index in [1.807, 2.05) is 32.0 Å². The van der Waals surface area contributed by atoms with Crippen LogP contribution in [0.5, 0.6) is 5.75 Å². The number of likely N-dealkylation sites (N-methyl/N-ethyl adjacent to an activating group) is 1. The largest absolute Gasteiger partial charge is 0.488 e. The highest BCUT2D eigenvalue weighted by Gasteiger charge is 2.36. The lowest BCUT2D eigenvalue weighted by Gasteiger charge is -2.38. The van der Waals surface area contributed by atoms with E-state index in [4.69, 9.17) is 9.26 Å². The summed E-state index contributed by atoms with van der Waals surface area (Å²) in [6.45, 7) is 7.01. The number of ether oxygens (including phenoxy) is 1. The zero-order chi connectivity index (χ0) is 25.4. The fourth-order valence-electron chi connectivity index (χ4n) is 4.06. The van der Waals surface area contributed by atoms with Gasteiger partial charge in [0.15, 0.2) is 5.76 Å². The highest BCUT2D eigenvalue weighted by Crippen LogP contribution is 2.32. The Balaban J connectivity index is 2.00. The van der Waals surface area contributed by atoms with Crippen LogP contribution in [0.4, 0.5) is 5.69 Å². The first-order valence-corrected chi connectivity index (χ1v) is 12.6. The molecule has 0 saturated heterocycles. The summed E-state index contributed by atoms with van der Waals surface area (Å²) in [4.78, 5) is 17.0. The Morgan fingerprint density at radius 3 is 2.50 bits per heavy atom. The monoisotopic (exact) mass is 494 g/mol. The quantitative estimate of drug-likeness (QED) is 0.620. The van der Waals surface area contributed by atoms with Crippen LogP contribution in [0.25, 0.3) is 0 Å². The predicted octanol–water partition coefficient (Wildman–Crippen LogP) is 1.90. The zero-order valence-electron chi connectivity index (χ0n) is 20.8. The number of aliphatic hydroxyl groups excluding tert-OH is 1. The minimum Gasteiger partial charge on any atom is -0.488 e. The average Bonchev–Trinajstić information content (AvgIpc) is 3.13. The molecule has 11 heteroatoms. The predicted molar refractivity (Wildman–Crippen MR) is 128 cm³/mol. The number of nitrogens with zero attached hydrogens (tertiary/aromatic N) is 4. The van der Waals surface area contributed by atoms with E-state index in [1.165, 1.54) is 11.4 Å². The van der Waals surface area contributed by atoms with Crippen molar-refractivity contribution in [1.29, 1.82) is 0 Å². The maximum absolute atomic E-state index is 13.4. The van der Waals surface area contributed by atoms with Gasteiger partial charge in [-0.1, -0.05) is 12.1 Å². The maximum atomic E-state index is 13.4. The Morgan fingerprint density at radius 1 is 1.26 bits per heavy atom. The van der Waals surface area contributed by atoms with Gasteiger partial charge >= 0.3 is 0 Å². The maximum Gasteiger partial charge on any atom is 0.258 e. The third-order valence-electron chi connectivity index (χ3n) is 6.24. The second-order valence-electron chi connectivity index (χ2n) is 9.14. The minimum atomic E-state index is -3.87. The van der Waals surface area contributed by atoms with Crippen molar-refractivity contribution in [2.75, 3.05) is 45.7 Å². The third-order valence-corrected chi connectivity index (χ3v) is 8.31. The van der Waals surface area contributed by atoms with E-state index < -0.39 is 22.2 Å². The lowest BCUT2D eigenvalue weighted by molar-refractivity contribution is 0.0387. The molecule has 2 aromatic rings. The number of hydrogen-bond acceptors (Lipinski definition) is 8. The molecule has 0 spiro atoms. The Labute approximate surface area is 201 Å². The van der Waals surface area contributed by atoms with Gasteiger partial charge in [-0.05, 0) is 39.0 Å². The van der Waals surface area contributed by atoms with Crippen LogP contribution < -0.4 is 9.64 Å². The summed E-state index contributed by atoms with van der Waals surface area (Å²) in [6, 6.07) is 4.93. The average molecular weight is 495 g/mol. The van der Waals surface area contributed by atoms with Crippen molar-refractivity contribution in [2.24, 2.45) is 5.92 Å². The molecule has 188 valence electrons. The van der Waals surface area contributed by atoms with Crippen molar-refractivity contribution in [2.45, 2.75) is 44.7 Å². The molecule has 0 saturated carbocycles. The number of amides is 1. The third kappa shape index (κ3) is 4.91. The molecule has 1 aromatic heterocycles. The highest BCUT2D eigenvalue weighted by atomic mass is 32.2. The van der Waals surface area contributed by atoms with Crippen molar-refractivity contribution < 1.29 is 27.6 Å². The number of anilines is 1. The van der Waals surface area contributed by atoms with Crippen LogP contribution in [-0.4, -0.2) is 86.8 Å². The molecule has 1 aliphatic rings. The fraction of sp³-hybridized carbons (Fsp3) is 0.565. The molecule has 3 atom stereocenters. The van der Waals surface area contributed by atoms with Crippen LogP contribution >= 0.6 is 0 Å². The van der Waals surface area contributed by atoms with Gasteiger partial charge in [-0.2, -0.15) is 4.31 Å². The number of benzene rings is 1. The number of aryl methyl sites for hydroxylation is 2. The molecule has 1 aromatic carbocycles. The molecule has 10 nitrogen and oxygen atoms in total. The van der Waals surface area contributed by atoms with Crippen LogP contribution in [0.1, 0.15) is 35.7 Å². The number of fused-ring (bicyclic) bond motifs is 1. The topological polar surface area (TPSA) is 116 Å². The number of carbonyl (C=O) groups excluding carboxylic acids is 1. The number of sulfonamides is 1. The summed E-state index contributed by atoms with van der Waals surface area (Å²) in [6.07, 6.45) is -0.550. The van der Waals surface area contributed by atoms with E-state index in [9.17, 15) is 18.3 Å². The molecule has 0 fully saturated rings. The smallest absolute Gasteiger partial charge is 0.258 e. The molecular weight excluding hydrogens is 460 g/mol. The summed E-state index contributed by atoms with van der Waals surface area (Å²) in [5.41, 5.74) is 1.50. The number of aromatic nitrogens is 1. The molecular formula is C23H34N4O6S. The molecule has 3 rings (SSSR count). The molecule has 0 unspecified atom stereocenters. The van der Waals surface area contributed by atoms with Crippen LogP contribution in [0.15, 0.2) is 27.6 Å². The van der Waals surface area contributed by atoms with Crippen LogP contribution in [0.2, 0.25) is 0 Å². The van der Waals surface area contributed by atoms with E-state index in [-0.39, 0.29) is 35.6 Å². The van der Waals surface area contributed by atoms with Gasteiger partial charge in [0.2, 0.25) is 10.0 Å². The molecule has 1 amide bonds. The first-order chi connectivity index (χ1) is 15.9. The zero-order valence-corrected chi connectivity index (χ0v) is 21.6. The van der Waals surface area contributed by atoms with Gasteiger partial charge in [0, 0.05) is 39.3 Å². The number of carbonyl (C=O) groups is 1. The van der Waals surface area contributed by atoms with Crippen molar-refractivity contribution in [3.05, 3.63) is 35.2 Å². The SMILES string of the molecule is Cc1noc(C)c1S(=O)(=O)N(C)C[C@H]1Oc2ccc(N(C)C)cc2C(=O)N([C@H](C)CO)C[C@@H]1C. The molecule has 0 bridgehead atoms. The lowest BCUT2D eigenvalue weighted by atomic mass is 9.99. The fourth-order valence-corrected chi connectivity index (χ4v) is 5.52. The van der Waals surface area contributed by atoms with E-state index in [2.05, 4.69) is 5.16 Å².